The average Bonchev–Trinajstić information content (AvgIpc) is 2.84. The molecule has 0 spiro atoms. The number of rotatable bonds is 4. The van der Waals surface area contributed by atoms with Gasteiger partial charge in [-0.15, -0.1) is 0 Å². The van der Waals surface area contributed by atoms with Crippen LogP contribution in [0.1, 0.15) is 17.4 Å². The van der Waals surface area contributed by atoms with Crippen LogP contribution in [0.3, 0.4) is 0 Å². The molecule has 0 aliphatic rings. The molecule has 0 aliphatic carbocycles. The van der Waals surface area contributed by atoms with Gasteiger partial charge in [-0.25, -0.2) is 0 Å². The molecule has 2 aromatic rings. The Morgan fingerprint density at radius 1 is 1.11 bits per heavy atom. The zero-order chi connectivity index (χ0) is 14.0. The van der Waals surface area contributed by atoms with Gasteiger partial charge in [-0.05, 0) is 56.1 Å². The van der Waals surface area contributed by atoms with Gasteiger partial charge in [0.1, 0.15) is 17.3 Å². The second-order valence-electron chi connectivity index (χ2n) is 3.85. The zero-order valence-corrected chi connectivity index (χ0v) is 13.6. The second-order valence-corrected chi connectivity index (χ2v) is 5.48. The summed E-state index contributed by atoms with van der Waals surface area (Å²) in [6.45, 7) is 0. The highest BCUT2D eigenvalue weighted by Crippen LogP contribution is 2.37. The minimum absolute atomic E-state index is 0.428. The van der Waals surface area contributed by atoms with Crippen LogP contribution in [0.4, 0.5) is 0 Å². The average molecular weight is 391 g/mol. The minimum Gasteiger partial charge on any atom is -0.496 e. The van der Waals surface area contributed by atoms with Crippen LogP contribution in [0.5, 0.6) is 11.5 Å². The number of furan rings is 1. The van der Waals surface area contributed by atoms with Crippen LogP contribution >= 0.6 is 31.9 Å². The van der Waals surface area contributed by atoms with Gasteiger partial charge in [0, 0.05) is 5.56 Å². The van der Waals surface area contributed by atoms with Gasteiger partial charge >= 0.3 is 0 Å². The largest absolute Gasteiger partial charge is 0.496 e. The van der Waals surface area contributed by atoms with E-state index in [0.717, 1.165) is 10.0 Å². The van der Waals surface area contributed by atoms with Crippen molar-refractivity contribution in [2.45, 2.75) is 6.04 Å². The van der Waals surface area contributed by atoms with Gasteiger partial charge < -0.3 is 19.6 Å². The van der Waals surface area contributed by atoms with Gasteiger partial charge in [0.15, 0.2) is 4.67 Å². The molecule has 0 bridgehead atoms. The smallest absolute Gasteiger partial charge is 0.169 e. The van der Waals surface area contributed by atoms with Crippen molar-refractivity contribution in [3.63, 3.8) is 0 Å². The topological polar surface area (TPSA) is 57.6 Å². The van der Waals surface area contributed by atoms with Gasteiger partial charge in [0.25, 0.3) is 0 Å². The van der Waals surface area contributed by atoms with Crippen LogP contribution in [-0.2, 0) is 0 Å². The van der Waals surface area contributed by atoms with Crippen molar-refractivity contribution in [3.8, 4) is 11.5 Å². The molecule has 0 saturated carbocycles. The fourth-order valence-corrected chi connectivity index (χ4v) is 2.58. The first-order valence-electron chi connectivity index (χ1n) is 5.49. The molecule has 0 fully saturated rings. The van der Waals surface area contributed by atoms with Gasteiger partial charge in [0.2, 0.25) is 0 Å². The van der Waals surface area contributed by atoms with Crippen LogP contribution in [0.15, 0.2) is 37.8 Å². The molecule has 2 N–H and O–H groups in total. The second kappa shape index (κ2) is 5.98. The summed E-state index contributed by atoms with van der Waals surface area (Å²) in [7, 11) is 3.20. The molecule has 0 aliphatic heterocycles. The van der Waals surface area contributed by atoms with Crippen molar-refractivity contribution >= 4 is 31.9 Å². The Kier molecular flexibility index (Phi) is 4.54. The Bertz CT molecular complexity index is 583. The van der Waals surface area contributed by atoms with Gasteiger partial charge in [-0.3, -0.25) is 0 Å². The molecule has 6 heteroatoms. The molecule has 1 aromatic heterocycles. The van der Waals surface area contributed by atoms with Crippen molar-refractivity contribution in [2.24, 2.45) is 5.73 Å². The van der Waals surface area contributed by atoms with Crippen LogP contribution in [0.2, 0.25) is 0 Å². The number of nitrogens with two attached hydrogens (primary N) is 1. The third-order valence-corrected chi connectivity index (χ3v) is 3.79. The minimum atomic E-state index is -0.428. The van der Waals surface area contributed by atoms with Crippen LogP contribution in [-0.4, -0.2) is 14.2 Å². The maximum Gasteiger partial charge on any atom is 0.169 e. The fraction of sp³-hybridized carbons (Fsp3) is 0.231. The monoisotopic (exact) mass is 389 g/mol. The predicted molar refractivity (Wildman–Crippen MR) is 79.7 cm³/mol. The highest BCUT2D eigenvalue weighted by molar-refractivity contribution is 9.10. The molecule has 0 amide bonds. The summed E-state index contributed by atoms with van der Waals surface area (Å²) in [5.41, 5.74) is 7.01. The Morgan fingerprint density at radius 2 is 1.79 bits per heavy atom. The lowest BCUT2D eigenvalue weighted by molar-refractivity contribution is 0.390. The van der Waals surface area contributed by atoms with Crippen molar-refractivity contribution < 1.29 is 13.9 Å². The van der Waals surface area contributed by atoms with E-state index in [1.807, 2.05) is 18.2 Å². The predicted octanol–water partition coefficient (Wildman–Crippen LogP) is 3.87. The first kappa shape index (κ1) is 14.4. The fourth-order valence-electron chi connectivity index (χ4n) is 1.78. The molecule has 0 radical (unpaired) electrons. The van der Waals surface area contributed by atoms with Crippen molar-refractivity contribution in [2.75, 3.05) is 14.2 Å². The summed E-state index contributed by atoms with van der Waals surface area (Å²) in [5, 5.41) is 0. The zero-order valence-electron chi connectivity index (χ0n) is 10.4. The standard InChI is InChI=1S/C13H13Br2NO3/c1-17-10-6-8(14)11(18-2)5-7(10)13(16)9-3-4-12(15)19-9/h3-6,13H,16H2,1-2H3. The highest BCUT2D eigenvalue weighted by atomic mass is 79.9. The maximum absolute atomic E-state index is 6.21. The lowest BCUT2D eigenvalue weighted by atomic mass is 10.0. The Balaban J connectivity index is 2.48. The number of methoxy groups -OCH3 is 2. The first-order valence-corrected chi connectivity index (χ1v) is 7.07. The van der Waals surface area contributed by atoms with Crippen molar-refractivity contribution in [1.82, 2.24) is 0 Å². The summed E-state index contributed by atoms with van der Waals surface area (Å²) in [6.07, 6.45) is 0. The molecule has 0 saturated heterocycles. The van der Waals surface area contributed by atoms with E-state index in [1.54, 1.807) is 20.3 Å². The number of hydrogen-bond acceptors (Lipinski definition) is 4. The van der Waals surface area contributed by atoms with E-state index in [1.165, 1.54) is 0 Å². The molecule has 102 valence electrons. The first-order chi connectivity index (χ1) is 9.06. The molecule has 2 rings (SSSR count). The van der Waals surface area contributed by atoms with Gasteiger partial charge in [-0.2, -0.15) is 0 Å². The maximum atomic E-state index is 6.21. The quantitative estimate of drug-likeness (QED) is 0.860. The molecule has 4 nitrogen and oxygen atoms in total. The van der Waals surface area contributed by atoms with Crippen LogP contribution < -0.4 is 15.2 Å². The summed E-state index contributed by atoms with van der Waals surface area (Å²) in [4.78, 5) is 0. The van der Waals surface area contributed by atoms with Crippen molar-refractivity contribution in [1.29, 1.82) is 0 Å². The van der Waals surface area contributed by atoms with E-state index in [-0.39, 0.29) is 0 Å². The number of ether oxygens (including phenoxy) is 2. The van der Waals surface area contributed by atoms with E-state index >= 15 is 0 Å². The number of halogens is 2. The SMILES string of the molecule is COc1cc(C(N)c2ccc(Br)o2)c(OC)cc1Br. The highest BCUT2D eigenvalue weighted by Gasteiger charge is 2.19. The molecule has 19 heavy (non-hydrogen) atoms. The summed E-state index contributed by atoms with van der Waals surface area (Å²) < 4.78 is 17.6. The lowest BCUT2D eigenvalue weighted by Gasteiger charge is -2.16. The van der Waals surface area contributed by atoms with Gasteiger partial charge in [-0.1, -0.05) is 0 Å². The van der Waals surface area contributed by atoms with E-state index < -0.39 is 6.04 Å². The molecule has 1 unspecified atom stereocenters. The van der Waals surface area contributed by atoms with E-state index in [4.69, 9.17) is 19.6 Å². The third-order valence-electron chi connectivity index (χ3n) is 2.74. The molecule has 1 heterocycles. The van der Waals surface area contributed by atoms with E-state index in [9.17, 15) is 0 Å². The van der Waals surface area contributed by atoms with Crippen LogP contribution in [0.25, 0.3) is 0 Å². The van der Waals surface area contributed by atoms with Crippen molar-refractivity contribution in [3.05, 3.63) is 44.7 Å². The summed E-state index contributed by atoms with van der Waals surface area (Å²) >= 11 is 6.68. The Labute approximate surface area is 128 Å². The number of hydrogen-bond donors (Lipinski definition) is 1. The molecule has 1 aromatic carbocycles. The number of benzene rings is 1. The summed E-state index contributed by atoms with van der Waals surface area (Å²) in [6, 6.07) is 6.86. The Morgan fingerprint density at radius 3 is 2.32 bits per heavy atom. The van der Waals surface area contributed by atoms with Crippen LogP contribution in [0, 0.1) is 0 Å². The molecule has 1 atom stereocenters. The lowest BCUT2D eigenvalue weighted by Crippen LogP contribution is -2.12. The normalized spacial score (nSPS) is 12.3. The summed E-state index contributed by atoms with van der Waals surface area (Å²) in [5.74, 6) is 2.01. The third kappa shape index (κ3) is 2.96. The van der Waals surface area contributed by atoms with Gasteiger partial charge in [0.05, 0.1) is 24.7 Å². The molecular formula is C13H13Br2NO3. The molecular weight excluding hydrogens is 378 g/mol. The Hall–Kier alpha value is -0.980. The van der Waals surface area contributed by atoms with E-state index in [0.29, 0.717) is 21.9 Å². The van der Waals surface area contributed by atoms with E-state index in [2.05, 4.69) is 31.9 Å².